The minimum absolute atomic E-state index is 0.379. The number of fused-ring (bicyclic) bond motifs is 1. The molecular formula is C10H9ClN2O2. The van der Waals surface area contributed by atoms with Gasteiger partial charge < -0.3 is 4.74 Å². The molecule has 0 saturated carbocycles. The average molecular weight is 225 g/mol. The van der Waals surface area contributed by atoms with Crippen molar-refractivity contribution in [2.75, 3.05) is 7.11 Å². The molecule has 0 spiro atoms. The standard InChI is InChI=1S/C10H9ClN2O2/c1-5-7-3-6(11)4-8(10(14)15-2)9(7)13-12-5/h3-4H,1-2H3,(H,12,13). The lowest BCUT2D eigenvalue weighted by atomic mass is 10.1. The second kappa shape index (κ2) is 3.55. The Morgan fingerprint density at radius 2 is 2.27 bits per heavy atom. The number of hydrogen-bond donors (Lipinski definition) is 1. The molecule has 78 valence electrons. The number of aromatic nitrogens is 2. The third-order valence-electron chi connectivity index (χ3n) is 2.22. The van der Waals surface area contributed by atoms with Crippen molar-refractivity contribution in [2.24, 2.45) is 0 Å². The van der Waals surface area contributed by atoms with Crippen LogP contribution in [0, 0.1) is 6.92 Å². The third-order valence-corrected chi connectivity index (χ3v) is 2.44. The Labute approximate surface area is 91.2 Å². The number of H-pyrrole nitrogens is 1. The van der Waals surface area contributed by atoms with Crippen LogP contribution in [-0.4, -0.2) is 23.3 Å². The third kappa shape index (κ3) is 1.57. The number of esters is 1. The monoisotopic (exact) mass is 224 g/mol. The molecule has 0 bridgehead atoms. The quantitative estimate of drug-likeness (QED) is 0.757. The molecule has 0 aliphatic rings. The number of ether oxygens (including phenoxy) is 1. The molecule has 0 atom stereocenters. The molecule has 2 rings (SSSR count). The second-order valence-electron chi connectivity index (χ2n) is 3.19. The van der Waals surface area contributed by atoms with Gasteiger partial charge in [-0.1, -0.05) is 11.6 Å². The van der Waals surface area contributed by atoms with Gasteiger partial charge in [0.25, 0.3) is 0 Å². The Balaban J connectivity index is 2.78. The number of hydrogen-bond acceptors (Lipinski definition) is 3. The Hall–Kier alpha value is -1.55. The van der Waals surface area contributed by atoms with E-state index in [1.807, 2.05) is 6.92 Å². The number of carbonyl (C=O) groups excluding carboxylic acids is 1. The molecule has 0 radical (unpaired) electrons. The van der Waals surface area contributed by atoms with Crippen molar-refractivity contribution in [3.05, 3.63) is 28.4 Å². The van der Waals surface area contributed by atoms with Crippen molar-refractivity contribution < 1.29 is 9.53 Å². The lowest BCUT2D eigenvalue weighted by molar-refractivity contribution is 0.0603. The minimum atomic E-state index is -0.436. The van der Waals surface area contributed by atoms with Crippen molar-refractivity contribution >= 4 is 28.5 Å². The lowest BCUT2D eigenvalue weighted by Crippen LogP contribution is -2.02. The van der Waals surface area contributed by atoms with Crippen LogP contribution < -0.4 is 0 Å². The van der Waals surface area contributed by atoms with E-state index in [1.54, 1.807) is 12.1 Å². The van der Waals surface area contributed by atoms with E-state index >= 15 is 0 Å². The molecule has 4 nitrogen and oxygen atoms in total. The summed E-state index contributed by atoms with van der Waals surface area (Å²) in [7, 11) is 1.33. The van der Waals surface area contributed by atoms with Crippen molar-refractivity contribution in [2.45, 2.75) is 6.92 Å². The molecule has 0 amide bonds. The number of halogens is 1. The smallest absolute Gasteiger partial charge is 0.340 e. The summed E-state index contributed by atoms with van der Waals surface area (Å²) in [5, 5.41) is 8.18. The Morgan fingerprint density at radius 1 is 1.53 bits per heavy atom. The maximum atomic E-state index is 11.5. The molecule has 15 heavy (non-hydrogen) atoms. The summed E-state index contributed by atoms with van der Waals surface area (Å²) in [6.07, 6.45) is 0. The number of nitrogens with one attached hydrogen (secondary N) is 1. The molecule has 2 aromatic rings. The lowest BCUT2D eigenvalue weighted by Gasteiger charge is -2.01. The van der Waals surface area contributed by atoms with Crippen molar-refractivity contribution in [1.82, 2.24) is 10.2 Å². The molecule has 1 aromatic carbocycles. The van der Waals surface area contributed by atoms with E-state index < -0.39 is 5.97 Å². The van der Waals surface area contributed by atoms with Crippen LogP contribution in [0.3, 0.4) is 0 Å². The SMILES string of the molecule is COC(=O)c1cc(Cl)cc2c(C)[nH]nc12. The maximum absolute atomic E-state index is 11.5. The zero-order valence-corrected chi connectivity index (χ0v) is 9.05. The molecule has 0 saturated heterocycles. The Bertz CT molecular complexity index is 533. The molecule has 1 N–H and O–H groups in total. The Morgan fingerprint density at radius 3 is 2.93 bits per heavy atom. The summed E-state index contributed by atoms with van der Waals surface area (Å²) < 4.78 is 4.66. The fraction of sp³-hybridized carbons (Fsp3) is 0.200. The zero-order valence-electron chi connectivity index (χ0n) is 8.30. The van der Waals surface area contributed by atoms with E-state index in [4.69, 9.17) is 11.6 Å². The van der Waals surface area contributed by atoms with Crippen LogP contribution >= 0.6 is 11.6 Å². The predicted octanol–water partition coefficient (Wildman–Crippen LogP) is 2.31. The second-order valence-corrected chi connectivity index (χ2v) is 3.63. The van der Waals surface area contributed by atoms with E-state index in [1.165, 1.54) is 7.11 Å². The van der Waals surface area contributed by atoms with Gasteiger partial charge in [0.05, 0.1) is 12.7 Å². The van der Waals surface area contributed by atoms with Gasteiger partial charge in [0.2, 0.25) is 0 Å². The summed E-state index contributed by atoms with van der Waals surface area (Å²) >= 11 is 5.90. The highest BCUT2D eigenvalue weighted by atomic mass is 35.5. The average Bonchev–Trinajstić information content (AvgIpc) is 2.58. The summed E-state index contributed by atoms with van der Waals surface area (Å²) in [6, 6.07) is 3.32. The molecule has 0 aliphatic heterocycles. The van der Waals surface area contributed by atoms with Crippen LogP contribution in [0.1, 0.15) is 16.1 Å². The highest BCUT2D eigenvalue weighted by Gasteiger charge is 2.15. The zero-order chi connectivity index (χ0) is 11.0. The normalized spacial score (nSPS) is 10.6. The van der Waals surface area contributed by atoms with E-state index in [0.29, 0.717) is 16.1 Å². The molecule has 0 unspecified atom stereocenters. The van der Waals surface area contributed by atoms with Gasteiger partial charge in [0, 0.05) is 16.1 Å². The Kier molecular flexibility index (Phi) is 2.36. The number of benzene rings is 1. The van der Waals surface area contributed by atoms with Crippen LogP contribution in [-0.2, 0) is 4.74 Å². The van der Waals surface area contributed by atoms with Crippen molar-refractivity contribution in [1.29, 1.82) is 0 Å². The molecular weight excluding hydrogens is 216 g/mol. The van der Waals surface area contributed by atoms with Gasteiger partial charge in [-0.15, -0.1) is 0 Å². The van der Waals surface area contributed by atoms with Gasteiger partial charge in [0.1, 0.15) is 5.52 Å². The van der Waals surface area contributed by atoms with Crippen LogP contribution in [0.5, 0.6) is 0 Å². The van der Waals surface area contributed by atoms with Gasteiger partial charge in [-0.25, -0.2) is 4.79 Å². The number of aromatic amines is 1. The van der Waals surface area contributed by atoms with Gasteiger partial charge >= 0.3 is 5.97 Å². The van der Waals surface area contributed by atoms with Crippen LogP contribution in [0.2, 0.25) is 5.02 Å². The van der Waals surface area contributed by atoms with E-state index in [9.17, 15) is 4.79 Å². The van der Waals surface area contributed by atoms with Crippen molar-refractivity contribution in [3.8, 4) is 0 Å². The summed E-state index contributed by atoms with van der Waals surface area (Å²) in [4.78, 5) is 11.5. The highest BCUT2D eigenvalue weighted by Crippen LogP contribution is 2.24. The fourth-order valence-electron chi connectivity index (χ4n) is 1.47. The number of methoxy groups -OCH3 is 1. The first-order valence-corrected chi connectivity index (χ1v) is 4.74. The summed E-state index contributed by atoms with van der Waals surface area (Å²) in [5.41, 5.74) is 1.84. The van der Waals surface area contributed by atoms with E-state index in [2.05, 4.69) is 14.9 Å². The molecule has 0 fully saturated rings. The fourth-order valence-corrected chi connectivity index (χ4v) is 1.69. The predicted molar refractivity (Wildman–Crippen MR) is 57.2 cm³/mol. The largest absolute Gasteiger partial charge is 0.465 e. The van der Waals surface area contributed by atoms with Gasteiger partial charge in [-0.05, 0) is 19.1 Å². The number of aryl methyl sites for hydroxylation is 1. The van der Waals surface area contributed by atoms with E-state index in [-0.39, 0.29) is 0 Å². The molecule has 5 heteroatoms. The minimum Gasteiger partial charge on any atom is -0.465 e. The highest BCUT2D eigenvalue weighted by molar-refractivity contribution is 6.32. The molecule has 1 aromatic heterocycles. The van der Waals surface area contributed by atoms with Gasteiger partial charge in [-0.3, -0.25) is 5.10 Å². The van der Waals surface area contributed by atoms with Crippen LogP contribution in [0.15, 0.2) is 12.1 Å². The number of nitrogens with zero attached hydrogens (tertiary/aromatic N) is 1. The van der Waals surface area contributed by atoms with Crippen LogP contribution in [0.25, 0.3) is 10.9 Å². The number of carbonyl (C=O) groups is 1. The van der Waals surface area contributed by atoms with Gasteiger partial charge in [-0.2, -0.15) is 5.10 Å². The molecule has 1 heterocycles. The first-order valence-electron chi connectivity index (χ1n) is 4.36. The first kappa shape index (κ1) is 9.98. The maximum Gasteiger partial charge on any atom is 0.340 e. The van der Waals surface area contributed by atoms with Crippen LogP contribution in [0.4, 0.5) is 0 Å². The topological polar surface area (TPSA) is 55.0 Å². The first-order chi connectivity index (χ1) is 7.13. The van der Waals surface area contributed by atoms with E-state index in [0.717, 1.165) is 11.1 Å². The summed E-state index contributed by atoms with van der Waals surface area (Å²) in [5.74, 6) is -0.436. The number of rotatable bonds is 1. The summed E-state index contributed by atoms with van der Waals surface area (Å²) in [6.45, 7) is 1.87. The van der Waals surface area contributed by atoms with Gasteiger partial charge in [0.15, 0.2) is 0 Å². The van der Waals surface area contributed by atoms with Crippen molar-refractivity contribution in [3.63, 3.8) is 0 Å². The molecule has 0 aliphatic carbocycles.